The molecule has 1 fully saturated rings. The molecular weight excluding hydrogens is 190 g/mol. The Balaban J connectivity index is 2.12. The molecule has 5 heteroatoms. The zero-order valence-corrected chi connectivity index (χ0v) is 8.17. The Morgan fingerprint density at radius 1 is 1.27 bits per heavy atom. The Kier molecular flexibility index (Phi) is 1.71. The number of aromatic nitrogens is 4. The average Bonchev–Trinajstić information content (AvgIpc) is 2.98. The van der Waals surface area contributed by atoms with Crippen LogP contribution in [0.3, 0.4) is 0 Å². The summed E-state index contributed by atoms with van der Waals surface area (Å²) in [4.78, 5) is 0. The first-order chi connectivity index (χ1) is 7.36. The normalized spacial score (nSPS) is 15.5. The fraction of sp³-hybridized carbons (Fsp3) is 0.300. The molecule has 3 rings (SSSR count). The van der Waals surface area contributed by atoms with E-state index in [-0.39, 0.29) is 0 Å². The second-order valence-corrected chi connectivity index (χ2v) is 3.78. The standard InChI is InChI=1S/C10H11N5/c11-8-3-1-2-4-9(8)15-10(7-5-6-7)12-13-14-15/h1-4,7H,5-6,11H2. The highest BCUT2D eigenvalue weighted by Gasteiger charge is 2.30. The summed E-state index contributed by atoms with van der Waals surface area (Å²) in [6.45, 7) is 0. The molecule has 15 heavy (non-hydrogen) atoms. The van der Waals surface area contributed by atoms with Crippen LogP contribution < -0.4 is 5.73 Å². The number of hydrogen-bond acceptors (Lipinski definition) is 4. The van der Waals surface area contributed by atoms with Gasteiger partial charge in [-0.05, 0) is 35.4 Å². The SMILES string of the molecule is Nc1ccccc1-n1nnnc1C1CC1. The van der Waals surface area contributed by atoms with E-state index >= 15 is 0 Å². The smallest absolute Gasteiger partial charge is 0.159 e. The van der Waals surface area contributed by atoms with E-state index in [1.165, 1.54) is 12.8 Å². The molecule has 0 saturated heterocycles. The maximum absolute atomic E-state index is 5.88. The van der Waals surface area contributed by atoms with Crippen molar-refractivity contribution in [3.8, 4) is 5.69 Å². The topological polar surface area (TPSA) is 69.6 Å². The van der Waals surface area contributed by atoms with Crippen LogP contribution in [0.4, 0.5) is 5.69 Å². The molecule has 0 bridgehead atoms. The second-order valence-electron chi connectivity index (χ2n) is 3.78. The van der Waals surface area contributed by atoms with Gasteiger partial charge in [0.1, 0.15) is 0 Å². The monoisotopic (exact) mass is 201 g/mol. The van der Waals surface area contributed by atoms with Gasteiger partial charge in [-0.25, -0.2) is 0 Å². The first kappa shape index (κ1) is 8.40. The van der Waals surface area contributed by atoms with Gasteiger partial charge >= 0.3 is 0 Å². The number of nitrogen functional groups attached to an aromatic ring is 1. The lowest BCUT2D eigenvalue weighted by Gasteiger charge is -2.05. The molecule has 0 radical (unpaired) electrons. The summed E-state index contributed by atoms with van der Waals surface area (Å²) >= 11 is 0. The summed E-state index contributed by atoms with van der Waals surface area (Å²) in [5.74, 6) is 1.44. The average molecular weight is 201 g/mol. The summed E-state index contributed by atoms with van der Waals surface area (Å²) in [6, 6.07) is 7.62. The maximum atomic E-state index is 5.88. The van der Waals surface area contributed by atoms with Gasteiger partial charge in [-0.1, -0.05) is 12.1 Å². The molecule has 1 aliphatic rings. The minimum atomic E-state index is 0.514. The van der Waals surface area contributed by atoms with E-state index in [1.807, 2.05) is 24.3 Å². The van der Waals surface area contributed by atoms with Crippen molar-refractivity contribution in [1.82, 2.24) is 20.2 Å². The van der Waals surface area contributed by atoms with Crippen LogP contribution in [-0.4, -0.2) is 20.2 Å². The van der Waals surface area contributed by atoms with Crippen molar-refractivity contribution in [3.63, 3.8) is 0 Å². The fourth-order valence-corrected chi connectivity index (χ4v) is 1.64. The van der Waals surface area contributed by atoms with Crippen molar-refractivity contribution in [2.45, 2.75) is 18.8 Å². The highest BCUT2D eigenvalue weighted by atomic mass is 15.5. The van der Waals surface area contributed by atoms with Gasteiger partial charge in [0.2, 0.25) is 0 Å². The zero-order valence-electron chi connectivity index (χ0n) is 8.17. The second kappa shape index (κ2) is 3.05. The lowest BCUT2D eigenvalue weighted by Crippen LogP contribution is -2.05. The molecule has 0 spiro atoms. The number of benzene rings is 1. The van der Waals surface area contributed by atoms with Crippen molar-refractivity contribution in [2.75, 3.05) is 5.73 Å². The molecule has 1 aromatic carbocycles. The molecule has 5 nitrogen and oxygen atoms in total. The van der Waals surface area contributed by atoms with Gasteiger partial charge in [0.05, 0.1) is 11.4 Å². The molecular formula is C10H11N5. The molecule has 0 aliphatic heterocycles. The van der Waals surface area contributed by atoms with Crippen molar-refractivity contribution < 1.29 is 0 Å². The van der Waals surface area contributed by atoms with Crippen molar-refractivity contribution in [1.29, 1.82) is 0 Å². The van der Waals surface area contributed by atoms with E-state index < -0.39 is 0 Å². The predicted molar refractivity (Wildman–Crippen MR) is 55.5 cm³/mol. The highest BCUT2D eigenvalue weighted by molar-refractivity contribution is 5.57. The third-order valence-electron chi connectivity index (χ3n) is 2.60. The van der Waals surface area contributed by atoms with Gasteiger partial charge in [0.15, 0.2) is 5.82 Å². The lowest BCUT2D eigenvalue weighted by atomic mass is 10.2. The molecule has 76 valence electrons. The number of nitrogens with zero attached hydrogens (tertiary/aromatic N) is 4. The Hall–Kier alpha value is -1.91. The van der Waals surface area contributed by atoms with Gasteiger partial charge in [-0.3, -0.25) is 0 Å². The third-order valence-corrected chi connectivity index (χ3v) is 2.60. The Bertz CT molecular complexity index is 486. The Morgan fingerprint density at radius 3 is 2.80 bits per heavy atom. The summed E-state index contributed by atoms with van der Waals surface area (Å²) in [6.07, 6.45) is 2.35. The number of tetrazole rings is 1. The lowest BCUT2D eigenvalue weighted by molar-refractivity contribution is 0.765. The fourth-order valence-electron chi connectivity index (χ4n) is 1.64. The molecule has 1 aliphatic carbocycles. The Labute approximate surface area is 86.9 Å². The number of anilines is 1. The van der Waals surface area contributed by atoms with E-state index in [0.29, 0.717) is 11.6 Å². The minimum Gasteiger partial charge on any atom is -0.397 e. The highest BCUT2D eigenvalue weighted by Crippen LogP contribution is 2.39. The number of hydrogen-bond donors (Lipinski definition) is 1. The van der Waals surface area contributed by atoms with Gasteiger partial charge in [0.25, 0.3) is 0 Å². The number of para-hydroxylation sites is 2. The van der Waals surface area contributed by atoms with E-state index in [9.17, 15) is 0 Å². The van der Waals surface area contributed by atoms with Crippen molar-refractivity contribution in [3.05, 3.63) is 30.1 Å². The quantitative estimate of drug-likeness (QED) is 0.739. The molecule has 0 amide bonds. The first-order valence-electron chi connectivity index (χ1n) is 4.99. The van der Waals surface area contributed by atoms with Crippen LogP contribution in [0.1, 0.15) is 24.6 Å². The van der Waals surface area contributed by atoms with E-state index in [0.717, 1.165) is 11.5 Å². The minimum absolute atomic E-state index is 0.514. The number of nitrogens with two attached hydrogens (primary N) is 1. The van der Waals surface area contributed by atoms with Crippen LogP contribution in [0.15, 0.2) is 24.3 Å². The largest absolute Gasteiger partial charge is 0.397 e. The molecule has 2 N–H and O–H groups in total. The van der Waals surface area contributed by atoms with E-state index in [4.69, 9.17) is 5.73 Å². The Morgan fingerprint density at radius 2 is 2.07 bits per heavy atom. The molecule has 0 unspecified atom stereocenters. The predicted octanol–water partition coefficient (Wildman–Crippen LogP) is 1.12. The van der Waals surface area contributed by atoms with Crippen LogP contribution in [-0.2, 0) is 0 Å². The third kappa shape index (κ3) is 1.36. The van der Waals surface area contributed by atoms with Crippen LogP contribution in [0, 0.1) is 0 Å². The van der Waals surface area contributed by atoms with Crippen LogP contribution in [0.5, 0.6) is 0 Å². The van der Waals surface area contributed by atoms with E-state index in [1.54, 1.807) is 4.68 Å². The zero-order chi connectivity index (χ0) is 10.3. The van der Waals surface area contributed by atoms with Crippen LogP contribution in [0.25, 0.3) is 5.69 Å². The van der Waals surface area contributed by atoms with Gasteiger partial charge in [-0.2, -0.15) is 4.68 Å². The van der Waals surface area contributed by atoms with E-state index in [2.05, 4.69) is 15.5 Å². The molecule has 1 saturated carbocycles. The van der Waals surface area contributed by atoms with Crippen LogP contribution >= 0.6 is 0 Å². The summed E-state index contributed by atoms with van der Waals surface area (Å²) < 4.78 is 1.74. The summed E-state index contributed by atoms with van der Waals surface area (Å²) in [7, 11) is 0. The van der Waals surface area contributed by atoms with Crippen molar-refractivity contribution >= 4 is 5.69 Å². The van der Waals surface area contributed by atoms with Crippen molar-refractivity contribution in [2.24, 2.45) is 0 Å². The van der Waals surface area contributed by atoms with Gasteiger partial charge in [0, 0.05) is 5.92 Å². The van der Waals surface area contributed by atoms with Gasteiger partial charge < -0.3 is 5.73 Å². The maximum Gasteiger partial charge on any atom is 0.159 e. The molecule has 0 atom stereocenters. The summed E-state index contributed by atoms with van der Waals surface area (Å²) in [5.41, 5.74) is 7.45. The molecule has 1 aromatic heterocycles. The molecule has 1 heterocycles. The number of rotatable bonds is 2. The summed E-state index contributed by atoms with van der Waals surface area (Å²) in [5, 5.41) is 11.7. The first-order valence-corrected chi connectivity index (χ1v) is 4.99. The van der Waals surface area contributed by atoms with Gasteiger partial charge in [-0.15, -0.1) is 5.10 Å². The molecule has 2 aromatic rings. The van der Waals surface area contributed by atoms with Crippen LogP contribution in [0.2, 0.25) is 0 Å².